The summed E-state index contributed by atoms with van der Waals surface area (Å²) in [7, 11) is 0. The van der Waals surface area contributed by atoms with Crippen LogP contribution in [0.25, 0.3) is 0 Å². The molecule has 1 aromatic rings. The molecule has 1 fully saturated rings. The highest BCUT2D eigenvalue weighted by atomic mass is 16.5. The van der Waals surface area contributed by atoms with Crippen LogP contribution < -0.4 is 0 Å². The molecule has 2 unspecified atom stereocenters. The van der Waals surface area contributed by atoms with Gasteiger partial charge in [-0.1, -0.05) is 0 Å². The Morgan fingerprint density at radius 2 is 2.64 bits per heavy atom. The summed E-state index contributed by atoms with van der Waals surface area (Å²) in [5, 5.41) is 14.0. The summed E-state index contributed by atoms with van der Waals surface area (Å²) < 4.78 is 7.07. The van der Waals surface area contributed by atoms with Crippen LogP contribution in [0.1, 0.15) is 12.1 Å². The number of hydrogen-bond acceptors (Lipinski definition) is 3. The molecular formula is C10H16N2O2. The zero-order chi connectivity index (χ0) is 9.97. The van der Waals surface area contributed by atoms with Crippen molar-refractivity contribution < 1.29 is 9.84 Å². The van der Waals surface area contributed by atoms with Crippen molar-refractivity contribution in [3.8, 4) is 0 Å². The molecule has 0 aromatic carbocycles. The average Bonchev–Trinajstić information content (AvgIpc) is 2.77. The van der Waals surface area contributed by atoms with E-state index in [0.29, 0.717) is 13.2 Å². The summed E-state index contributed by atoms with van der Waals surface area (Å²) >= 11 is 0. The zero-order valence-corrected chi connectivity index (χ0v) is 8.39. The van der Waals surface area contributed by atoms with Crippen molar-refractivity contribution in [2.75, 3.05) is 13.2 Å². The second-order valence-electron chi connectivity index (χ2n) is 3.85. The summed E-state index contributed by atoms with van der Waals surface area (Å²) in [5.41, 5.74) is 1.09. The van der Waals surface area contributed by atoms with Gasteiger partial charge in [0.1, 0.15) is 0 Å². The molecule has 0 saturated carbocycles. The largest absolute Gasteiger partial charge is 0.391 e. The van der Waals surface area contributed by atoms with Crippen molar-refractivity contribution in [3.63, 3.8) is 0 Å². The topological polar surface area (TPSA) is 47.3 Å². The Morgan fingerprint density at radius 1 is 1.79 bits per heavy atom. The molecule has 2 atom stereocenters. The minimum absolute atomic E-state index is 0.276. The SMILES string of the molecule is Cc1ccnn1CC(O)C1CCOC1. The van der Waals surface area contributed by atoms with Gasteiger partial charge < -0.3 is 9.84 Å². The standard InChI is InChI=1S/C10H16N2O2/c1-8-2-4-11-12(8)6-10(13)9-3-5-14-7-9/h2,4,9-10,13H,3,5-7H2,1H3. The van der Waals surface area contributed by atoms with Crippen LogP contribution in [0.2, 0.25) is 0 Å². The number of hydrogen-bond donors (Lipinski definition) is 1. The summed E-state index contributed by atoms with van der Waals surface area (Å²) in [6, 6.07) is 1.94. The van der Waals surface area contributed by atoms with Crippen LogP contribution in [0.4, 0.5) is 0 Å². The summed E-state index contributed by atoms with van der Waals surface area (Å²) in [6.07, 6.45) is 2.38. The van der Waals surface area contributed by atoms with Crippen molar-refractivity contribution in [2.24, 2.45) is 5.92 Å². The van der Waals surface area contributed by atoms with Gasteiger partial charge in [-0.15, -0.1) is 0 Å². The third-order valence-corrected chi connectivity index (χ3v) is 2.80. The fourth-order valence-corrected chi connectivity index (χ4v) is 1.77. The van der Waals surface area contributed by atoms with Gasteiger partial charge in [0.2, 0.25) is 0 Å². The first-order valence-electron chi connectivity index (χ1n) is 5.01. The van der Waals surface area contributed by atoms with Gasteiger partial charge in [0.25, 0.3) is 0 Å². The molecule has 1 saturated heterocycles. The lowest BCUT2D eigenvalue weighted by Crippen LogP contribution is -2.26. The molecular weight excluding hydrogens is 180 g/mol. The Kier molecular flexibility index (Phi) is 2.84. The third kappa shape index (κ3) is 1.96. The number of aliphatic hydroxyl groups is 1. The van der Waals surface area contributed by atoms with Gasteiger partial charge in [-0.2, -0.15) is 5.10 Å². The van der Waals surface area contributed by atoms with Gasteiger partial charge in [0.05, 0.1) is 19.3 Å². The van der Waals surface area contributed by atoms with Crippen LogP contribution in [0, 0.1) is 12.8 Å². The van der Waals surface area contributed by atoms with Crippen LogP contribution in [0.3, 0.4) is 0 Å². The molecule has 0 spiro atoms. The second kappa shape index (κ2) is 4.11. The fraction of sp³-hybridized carbons (Fsp3) is 0.700. The van der Waals surface area contributed by atoms with E-state index in [4.69, 9.17) is 4.74 Å². The number of nitrogens with zero attached hydrogens (tertiary/aromatic N) is 2. The number of ether oxygens (including phenoxy) is 1. The van der Waals surface area contributed by atoms with Crippen LogP contribution >= 0.6 is 0 Å². The molecule has 1 aliphatic heterocycles. The maximum Gasteiger partial charge on any atom is 0.0787 e. The van der Waals surface area contributed by atoms with Crippen LogP contribution in [-0.4, -0.2) is 34.2 Å². The Balaban J connectivity index is 1.93. The van der Waals surface area contributed by atoms with E-state index >= 15 is 0 Å². The second-order valence-corrected chi connectivity index (χ2v) is 3.85. The lowest BCUT2D eigenvalue weighted by Gasteiger charge is -2.16. The van der Waals surface area contributed by atoms with Gasteiger partial charge in [0.15, 0.2) is 0 Å². The predicted octanol–water partition coefficient (Wildman–Crippen LogP) is 0.589. The quantitative estimate of drug-likeness (QED) is 0.769. The molecule has 0 amide bonds. The molecule has 2 rings (SSSR count). The van der Waals surface area contributed by atoms with Crippen LogP contribution in [0.5, 0.6) is 0 Å². The first-order chi connectivity index (χ1) is 6.77. The van der Waals surface area contributed by atoms with Crippen molar-refractivity contribution in [2.45, 2.75) is 26.0 Å². The Bertz CT molecular complexity index is 292. The molecule has 0 aliphatic carbocycles. The van der Waals surface area contributed by atoms with Gasteiger partial charge in [-0.25, -0.2) is 0 Å². The summed E-state index contributed by atoms with van der Waals surface area (Å²) in [6.45, 7) is 4.03. The zero-order valence-electron chi connectivity index (χ0n) is 8.39. The first kappa shape index (κ1) is 9.68. The highest BCUT2D eigenvalue weighted by molar-refractivity contribution is 4.96. The number of aliphatic hydroxyl groups excluding tert-OH is 1. The van der Waals surface area contributed by atoms with E-state index in [2.05, 4.69) is 5.10 Å². The van der Waals surface area contributed by atoms with Gasteiger partial charge in [-0.05, 0) is 19.4 Å². The normalized spacial score (nSPS) is 24.0. The van der Waals surface area contributed by atoms with Gasteiger partial charge >= 0.3 is 0 Å². The number of aromatic nitrogens is 2. The lowest BCUT2D eigenvalue weighted by atomic mass is 10.0. The van der Waals surface area contributed by atoms with E-state index in [0.717, 1.165) is 18.7 Å². The average molecular weight is 196 g/mol. The minimum Gasteiger partial charge on any atom is -0.391 e. The maximum absolute atomic E-state index is 9.90. The van der Waals surface area contributed by atoms with E-state index in [-0.39, 0.29) is 12.0 Å². The molecule has 1 aromatic heterocycles. The van der Waals surface area contributed by atoms with E-state index in [1.807, 2.05) is 17.7 Å². The molecule has 0 bridgehead atoms. The van der Waals surface area contributed by atoms with E-state index in [9.17, 15) is 5.11 Å². The van der Waals surface area contributed by atoms with Crippen molar-refractivity contribution in [1.29, 1.82) is 0 Å². The summed E-state index contributed by atoms with van der Waals surface area (Å²) in [4.78, 5) is 0. The number of aryl methyl sites for hydroxylation is 1. The molecule has 1 aliphatic rings. The van der Waals surface area contributed by atoms with E-state index < -0.39 is 0 Å². The Hall–Kier alpha value is -0.870. The predicted molar refractivity (Wildman–Crippen MR) is 51.9 cm³/mol. The monoisotopic (exact) mass is 196 g/mol. The smallest absolute Gasteiger partial charge is 0.0787 e. The van der Waals surface area contributed by atoms with Crippen LogP contribution in [0.15, 0.2) is 12.3 Å². The highest BCUT2D eigenvalue weighted by Gasteiger charge is 2.24. The molecule has 4 nitrogen and oxygen atoms in total. The van der Waals surface area contributed by atoms with Crippen LogP contribution in [-0.2, 0) is 11.3 Å². The Labute approximate surface area is 83.5 Å². The van der Waals surface area contributed by atoms with Crippen molar-refractivity contribution in [3.05, 3.63) is 18.0 Å². The van der Waals surface area contributed by atoms with Gasteiger partial charge in [0, 0.05) is 24.4 Å². The molecule has 4 heteroatoms. The van der Waals surface area contributed by atoms with E-state index in [1.165, 1.54) is 0 Å². The first-order valence-corrected chi connectivity index (χ1v) is 5.01. The maximum atomic E-state index is 9.90. The fourth-order valence-electron chi connectivity index (χ4n) is 1.77. The van der Waals surface area contributed by atoms with Gasteiger partial charge in [-0.3, -0.25) is 4.68 Å². The van der Waals surface area contributed by atoms with E-state index in [1.54, 1.807) is 6.20 Å². The molecule has 14 heavy (non-hydrogen) atoms. The Morgan fingerprint density at radius 3 is 3.21 bits per heavy atom. The molecule has 2 heterocycles. The minimum atomic E-state index is -0.337. The third-order valence-electron chi connectivity index (χ3n) is 2.80. The van der Waals surface area contributed by atoms with Crippen molar-refractivity contribution >= 4 is 0 Å². The molecule has 0 radical (unpaired) electrons. The molecule has 1 N–H and O–H groups in total. The summed E-state index contributed by atoms with van der Waals surface area (Å²) in [5.74, 6) is 0.276. The number of rotatable bonds is 3. The highest BCUT2D eigenvalue weighted by Crippen LogP contribution is 2.18. The molecule has 78 valence electrons. The lowest BCUT2D eigenvalue weighted by molar-refractivity contribution is 0.0743. The van der Waals surface area contributed by atoms with Crippen molar-refractivity contribution in [1.82, 2.24) is 9.78 Å².